The number of rotatable bonds is 4. The summed E-state index contributed by atoms with van der Waals surface area (Å²) in [6.45, 7) is 2.12. The van der Waals surface area contributed by atoms with E-state index in [2.05, 4.69) is 29.9 Å². The zero-order valence-electron chi connectivity index (χ0n) is 13.7. The van der Waals surface area contributed by atoms with Crippen molar-refractivity contribution < 1.29 is 4.79 Å². The molecule has 1 saturated heterocycles. The van der Waals surface area contributed by atoms with Crippen LogP contribution in [0.1, 0.15) is 40.8 Å². The molecule has 4 rings (SSSR count). The molecule has 1 amide bonds. The number of piperidine rings is 1. The lowest BCUT2D eigenvalue weighted by molar-refractivity contribution is 0.0697. The Bertz CT molecular complexity index is 832. The second-order valence-electron chi connectivity index (χ2n) is 6.07. The van der Waals surface area contributed by atoms with Gasteiger partial charge in [0.1, 0.15) is 11.5 Å². The van der Waals surface area contributed by atoms with Crippen molar-refractivity contribution in [1.29, 1.82) is 0 Å². The first kappa shape index (κ1) is 15.9. The third-order valence-electron chi connectivity index (χ3n) is 4.42. The number of imidazole rings is 1. The fourth-order valence-electron chi connectivity index (χ4n) is 3.25. The normalized spacial score (nSPS) is 17.6. The first-order valence-corrected chi connectivity index (χ1v) is 9.19. The molecule has 1 fully saturated rings. The van der Waals surface area contributed by atoms with E-state index in [-0.39, 0.29) is 11.8 Å². The smallest absolute Gasteiger partial charge is 0.274 e. The van der Waals surface area contributed by atoms with Gasteiger partial charge in [-0.3, -0.25) is 9.78 Å². The minimum atomic E-state index is -0.0598. The van der Waals surface area contributed by atoms with Gasteiger partial charge in [0.25, 0.3) is 5.91 Å². The van der Waals surface area contributed by atoms with Gasteiger partial charge in [0.15, 0.2) is 0 Å². The highest BCUT2D eigenvalue weighted by Gasteiger charge is 2.28. The number of thiazole rings is 1. The molecule has 8 heteroatoms. The average Bonchev–Trinajstić information content (AvgIpc) is 3.34. The molecule has 0 saturated carbocycles. The van der Waals surface area contributed by atoms with E-state index in [9.17, 15) is 4.79 Å². The van der Waals surface area contributed by atoms with Crippen molar-refractivity contribution in [2.75, 3.05) is 13.1 Å². The fraction of sp³-hybridized carbons (Fsp3) is 0.353. The second-order valence-corrected chi connectivity index (χ2v) is 6.79. The lowest BCUT2D eigenvalue weighted by Gasteiger charge is -2.32. The minimum Gasteiger partial charge on any atom is -0.337 e. The fourth-order valence-corrected chi connectivity index (χ4v) is 3.80. The van der Waals surface area contributed by atoms with Crippen LogP contribution in [0.25, 0.3) is 0 Å². The van der Waals surface area contributed by atoms with Gasteiger partial charge >= 0.3 is 0 Å². The molecule has 4 heterocycles. The van der Waals surface area contributed by atoms with E-state index in [0.29, 0.717) is 18.8 Å². The molecule has 3 aromatic rings. The number of amides is 1. The molecule has 0 bridgehead atoms. The highest BCUT2D eigenvalue weighted by atomic mass is 32.1. The van der Waals surface area contributed by atoms with E-state index < -0.39 is 0 Å². The van der Waals surface area contributed by atoms with Crippen molar-refractivity contribution in [2.24, 2.45) is 0 Å². The molecule has 0 aliphatic carbocycles. The largest absolute Gasteiger partial charge is 0.337 e. The Kier molecular flexibility index (Phi) is 4.51. The Labute approximate surface area is 149 Å². The molecular weight excluding hydrogens is 336 g/mol. The summed E-state index contributed by atoms with van der Waals surface area (Å²) in [5.41, 5.74) is 3.27. The third kappa shape index (κ3) is 3.43. The molecule has 0 N–H and O–H groups in total. The maximum Gasteiger partial charge on any atom is 0.274 e. The topological polar surface area (TPSA) is 76.8 Å². The van der Waals surface area contributed by atoms with Gasteiger partial charge in [0.2, 0.25) is 0 Å². The molecule has 25 heavy (non-hydrogen) atoms. The Morgan fingerprint density at radius 3 is 3.00 bits per heavy atom. The molecule has 1 aliphatic rings. The van der Waals surface area contributed by atoms with E-state index in [1.807, 2.05) is 22.8 Å². The zero-order chi connectivity index (χ0) is 17.1. The second kappa shape index (κ2) is 7.10. The van der Waals surface area contributed by atoms with Crippen molar-refractivity contribution in [2.45, 2.75) is 25.3 Å². The summed E-state index contributed by atoms with van der Waals surface area (Å²) in [7, 11) is 0. The average molecular weight is 354 g/mol. The van der Waals surface area contributed by atoms with Crippen LogP contribution >= 0.6 is 11.3 Å². The van der Waals surface area contributed by atoms with Crippen LogP contribution < -0.4 is 0 Å². The SMILES string of the molecule is O=C(c1cnccn1)N1CCCC(c2nccn2Cc2cscn2)C1. The van der Waals surface area contributed by atoms with Crippen LogP contribution in [-0.4, -0.2) is 48.4 Å². The number of likely N-dealkylation sites (tertiary alicyclic amines) is 1. The van der Waals surface area contributed by atoms with Crippen LogP contribution in [-0.2, 0) is 6.54 Å². The highest BCUT2D eigenvalue weighted by molar-refractivity contribution is 7.07. The van der Waals surface area contributed by atoms with E-state index in [4.69, 9.17) is 0 Å². The Morgan fingerprint density at radius 1 is 1.24 bits per heavy atom. The molecule has 7 nitrogen and oxygen atoms in total. The predicted molar refractivity (Wildman–Crippen MR) is 93.4 cm³/mol. The van der Waals surface area contributed by atoms with Gasteiger partial charge in [-0.15, -0.1) is 11.3 Å². The molecule has 1 unspecified atom stereocenters. The van der Waals surface area contributed by atoms with Crippen LogP contribution in [0.15, 0.2) is 41.9 Å². The quantitative estimate of drug-likeness (QED) is 0.718. The summed E-state index contributed by atoms with van der Waals surface area (Å²) < 4.78 is 2.13. The molecule has 3 aromatic heterocycles. The van der Waals surface area contributed by atoms with E-state index in [0.717, 1.165) is 30.9 Å². The van der Waals surface area contributed by atoms with Crippen LogP contribution in [0.3, 0.4) is 0 Å². The van der Waals surface area contributed by atoms with Gasteiger partial charge in [-0.05, 0) is 12.8 Å². The first-order chi connectivity index (χ1) is 12.3. The molecule has 0 radical (unpaired) electrons. The van der Waals surface area contributed by atoms with Crippen LogP contribution in [0.2, 0.25) is 0 Å². The zero-order valence-corrected chi connectivity index (χ0v) is 14.5. The van der Waals surface area contributed by atoms with Crippen LogP contribution in [0, 0.1) is 0 Å². The number of aromatic nitrogens is 5. The van der Waals surface area contributed by atoms with Gasteiger partial charge in [-0.2, -0.15) is 0 Å². The number of carbonyl (C=O) groups is 1. The molecular formula is C17H18N6OS. The highest BCUT2D eigenvalue weighted by Crippen LogP contribution is 2.27. The minimum absolute atomic E-state index is 0.0598. The molecule has 128 valence electrons. The van der Waals surface area contributed by atoms with E-state index in [1.54, 1.807) is 23.7 Å². The lowest BCUT2D eigenvalue weighted by Crippen LogP contribution is -2.40. The van der Waals surface area contributed by atoms with Gasteiger partial charge in [-0.25, -0.2) is 15.0 Å². The number of carbonyl (C=O) groups excluding carboxylic acids is 1. The Hall–Kier alpha value is -2.61. The summed E-state index contributed by atoms with van der Waals surface area (Å²) >= 11 is 1.59. The molecule has 0 spiro atoms. The predicted octanol–water partition coefficient (Wildman–Crippen LogP) is 2.20. The van der Waals surface area contributed by atoms with Crippen LogP contribution in [0.4, 0.5) is 0 Å². The summed E-state index contributed by atoms with van der Waals surface area (Å²) in [4.78, 5) is 31.5. The maximum atomic E-state index is 12.6. The van der Waals surface area contributed by atoms with Gasteiger partial charge in [0.05, 0.1) is 23.9 Å². The van der Waals surface area contributed by atoms with E-state index in [1.165, 1.54) is 6.20 Å². The standard InChI is InChI=1S/C17H18N6OS/c24-17(15-8-18-3-4-19-15)23-6-1-2-13(9-23)16-20-5-7-22(16)10-14-11-25-12-21-14/h3-5,7-8,11-13H,1-2,6,9-10H2. The summed E-state index contributed by atoms with van der Waals surface area (Å²) in [6, 6.07) is 0. The summed E-state index contributed by atoms with van der Waals surface area (Å²) in [5, 5.41) is 2.05. The maximum absolute atomic E-state index is 12.6. The van der Waals surface area contributed by atoms with Gasteiger partial charge in [-0.1, -0.05) is 0 Å². The monoisotopic (exact) mass is 354 g/mol. The van der Waals surface area contributed by atoms with Gasteiger partial charge in [0, 0.05) is 49.2 Å². The molecule has 1 aliphatic heterocycles. The molecule has 1 atom stereocenters. The number of nitrogens with zero attached hydrogens (tertiary/aromatic N) is 6. The lowest BCUT2D eigenvalue weighted by atomic mass is 9.96. The summed E-state index contributed by atoms with van der Waals surface area (Å²) in [5.74, 6) is 1.18. The first-order valence-electron chi connectivity index (χ1n) is 8.24. The Balaban J connectivity index is 1.50. The summed E-state index contributed by atoms with van der Waals surface area (Å²) in [6.07, 6.45) is 10.4. The van der Waals surface area contributed by atoms with Crippen molar-refractivity contribution in [3.8, 4) is 0 Å². The van der Waals surface area contributed by atoms with Crippen LogP contribution in [0.5, 0.6) is 0 Å². The van der Waals surface area contributed by atoms with Crippen molar-refractivity contribution in [3.63, 3.8) is 0 Å². The van der Waals surface area contributed by atoms with E-state index >= 15 is 0 Å². The van der Waals surface area contributed by atoms with Crippen molar-refractivity contribution >= 4 is 17.2 Å². The third-order valence-corrected chi connectivity index (χ3v) is 5.05. The van der Waals surface area contributed by atoms with Crippen molar-refractivity contribution in [3.05, 3.63) is 59.1 Å². The van der Waals surface area contributed by atoms with Gasteiger partial charge < -0.3 is 9.47 Å². The number of hydrogen-bond donors (Lipinski definition) is 0. The van der Waals surface area contributed by atoms with Crippen molar-refractivity contribution in [1.82, 2.24) is 29.4 Å². The molecule has 0 aromatic carbocycles. The Morgan fingerprint density at radius 2 is 2.20 bits per heavy atom. The number of hydrogen-bond acceptors (Lipinski definition) is 6.